The first-order valence-electron chi connectivity index (χ1n) is 2.59. The van der Waals surface area contributed by atoms with E-state index in [0.29, 0.717) is 0 Å². The van der Waals surface area contributed by atoms with Crippen LogP contribution in [0.5, 0.6) is 0 Å². The lowest BCUT2D eigenvalue weighted by Gasteiger charge is -2.26. The lowest BCUT2D eigenvalue weighted by Crippen LogP contribution is -2.43. The van der Waals surface area contributed by atoms with E-state index in [4.69, 9.17) is 33.9 Å². The predicted molar refractivity (Wildman–Crippen MR) is 49.9 cm³/mol. The Balaban J connectivity index is 3.88. The number of nitrogens with zero attached hydrogens (tertiary/aromatic N) is 1. The molecule has 0 heterocycles. The molecule has 0 aliphatic heterocycles. The third-order valence-electron chi connectivity index (χ3n) is 0.812. The van der Waals surface area contributed by atoms with Gasteiger partial charge in [-0.05, 0) is 11.8 Å². The molecule has 0 saturated heterocycles. The van der Waals surface area contributed by atoms with E-state index in [1.807, 2.05) is 0 Å². The molecule has 0 bridgehead atoms. The van der Waals surface area contributed by atoms with E-state index in [-0.39, 0.29) is 0 Å². The molecule has 0 unspecified atom stereocenters. The van der Waals surface area contributed by atoms with Crippen molar-refractivity contribution < 1.29 is 0 Å². The first-order chi connectivity index (χ1) is 3.85. The summed E-state index contributed by atoms with van der Waals surface area (Å²) < 4.78 is 1.64. The molecular weight excluding hydrogens is 213 g/mol. The number of hydrogen-bond donors (Lipinski definition) is 0. The molecule has 0 aliphatic carbocycles. The smallest absolute Gasteiger partial charge is 0.240 e. The first-order valence-corrected chi connectivity index (χ1v) is 10.4. The van der Waals surface area contributed by atoms with E-state index in [9.17, 15) is 0 Å². The van der Waals surface area contributed by atoms with Crippen molar-refractivity contribution in [1.29, 1.82) is 0 Å². The van der Waals surface area contributed by atoms with Crippen LogP contribution in [-0.2, 0) is 0 Å². The monoisotopic (exact) mass is 221 g/mol. The minimum absolute atomic E-state index is 1.43. The Kier molecular flexibility index (Phi) is 4.10. The van der Waals surface area contributed by atoms with Crippen LogP contribution in [0.1, 0.15) is 0 Å². The van der Waals surface area contributed by atoms with Crippen LogP contribution in [0.3, 0.4) is 0 Å². The van der Waals surface area contributed by atoms with Crippen molar-refractivity contribution in [2.75, 3.05) is 0 Å². The Morgan fingerprint density at radius 3 is 1.56 bits per heavy atom. The van der Waals surface area contributed by atoms with Gasteiger partial charge in [0.25, 0.3) is 0 Å². The molecule has 1 nitrogen and oxygen atoms in total. The molecule has 0 aliphatic rings. The van der Waals surface area contributed by atoms with Gasteiger partial charge >= 0.3 is 7.58 Å². The average molecular weight is 223 g/mol. The standard InChI is InChI=1S/C3H10Cl3NSi2/c1-9(2,3)7(4)8(5)6/h8H,1-3H3. The van der Waals surface area contributed by atoms with Crippen LogP contribution >= 0.6 is 33.9 Å². The second kappa shape index (κ2) is 3.60. The van der Waals surface area contributed by atoms with Gasteiger partial charge in [0.15, 0.2) is 0 Å². The van der Waals surface area contributed by atoms with Crippen LogP contribution in [-0.4, -0.2) is 19.6 Å². The molecule has 0 aromatic rings. The van der Waals surface area contributed by atoms with Gasteiger partial charge in [-0.1, -0.05) is 19.6 Å². The topological polar surface area (TPSA) is 3.24 Å². The molecule has 0 radical (unpaired) electrons. The fourth-order valence-electron chi connectivity index (χ4n) is 0.293. The van der Waals surface area contributed by atoms with E-state index in [2.05, 4.69) is 19.6 Å². The molecule has 9 heavy (non-hydrogen) atoms. The molecule has 0 atom stereocenters. The van der Waals surface area contributed by atoms with Crippen molar-refractivity contribution in [2.45, 2.75) is 19.6 Å². The summed E-state index contributed by atoms with van der Waals surface area (Å²) in [6, 6.07) is 0. The SMILES string of the molecule is C[Si](C)(C)N(Cl)[SiH](Cl)Cl. The van der Waals surface area contributed by atoms with Gasteiger partial charge in [-0.2, -0.15) is 0 Å². The van der Waals surface area contributed by atoms with Crippen molar-refractivity contribution in [1.82, 2.24) is 3.75 Å². The van der Waals surface area contributed by atoms with Gasteiger partial charge in [0.2, 0.25) is 0 Å². The van der Waals surface area contributed by atoms with Crippen LogP contribution in [0.15, 0.2) is 0 Å². The van der Waals surface area contributed by atoms with Crippen LogP contribution < -0.4 is 0 Å². The molecule has 0 N–H and O–H groups in total. The average Bonchev–Trinajstić information content (AvgIpc) is 1.62. The normalized spacial score (nSPS) is 13.3. The van der Waals surface area contributed by atoms with E-state index >= 15 is 0 Å². The Labute approximate surface area is 73.2 Å². The number of hydrogen-bond acceptors (Lipinski definition) is 1. The van der Waals surface area contributed by atoms with Crippen LogP contribution in [0.25, 0.3) is 0 Å². The minimum atomic E-state index is -1.78. The Morgan fingerprint density at radius 1 is 1.22 bits per heavy atom. The first kappa shape index (κ1) is 10.3. The summed E-state index contributed by atoms with van der Waals surface area (Å²) in [5.74, 6) is 0. The van der Waals surface area contributed by atoms with Gasteiger partial charge in [-0.25, -0.2) is 3.75 Å². The summed E-state index contributed by atoms with van der Waals surface area (Å²) in [7, 11) is -3.21. The number of rotatable bonds is 2. The summed E-state index contributed by atoms with van der Waals surface area (Å²) in [6.45, 7) is 6.31. The van der Waals surface area contributed by atoms with Crippen molar-refractivity contribution in [3.63, 3.8) is 0 Å². The molecule has 6 heteroatoms. The maximum atomic E-state index is 5.78. The van der Waals surface area contributed by atoms with Crippen LogP contribution in [0.4, 0.5) is 0 Å². The second-order valence-electron chi connectivity index (χ2n) is 2.76. The van der Waals surface area contributed by atoms with Crippen LogP contribution in [0.2, 0.25) is 19.6 Å². The van der Waals surface area contributed by atoms with Gasteiger partial charge in [-0.3, -0.25) is 0 Å². The van der Waals surface area contributed by atoms with Crippen LogP contribution in [0, 0.1) is 0 Å². The van der Waals surface area contributed by atoms with Gasteiger partial charge in [0.05, 0.1) is 0 Å². The Bertz CT molecular complexity index is 91.5. The maximum Gasteiger partial charge on any atom is 0.316 e. The summed E-state index contributed by atoms with van der Waals surface area (Å²) >= 11 is 17.1. The molecule has 0 aromatic carbocycles. The fourth-order valence-corrected chi connectivity index (χ4v) is 7.90. The zero-order valence-corrected chi connectivity index (χ0v) is 10.1. The summed E-state index contributed by atoms with van der Waals surface area (Å²) in [5, 5.41) is 0. The van der Waals surface area contributed by atoms with Crippen molar-refractivity contribution in [3.05, 3.63) is 0 Å². The van der Waals surface area contributed by atoms with E-state index < -0.39 is 15.8 Å². The highest BCUT2D eigenvalue weighted by Gasteiger charge is 2.27. The Morgan fingerprint density at radius 2 is 1.56 bits per heavy atom. The maximum absolute atomic E-state index is 5.78. The molecular formula is C3H10Cl3NSi2. The largest absolute Gasteiger partial charge is 0.316 e. The summed E-state index contributed by atoms with van der Waals surface area (Å²) in [6.07, 6.45) is 0. The van der Waals surface area contributed by atoms with E-state index in [1.54, 1.807) is 3.75 Å². The van der Waals surface area contributed by atoms with Crippen molar-refractivity contribution in [2.24, 2.45) is 0 Å². The lowest BCUT2D eigenvalue weighted by molar-refractivity contribution is 1.05. The predicted octanol–water partition coefficient (Wildman–Crippen LogP) is 2.47. The second-order valence-corrected chi connectivity index (χ2v) is 13.3. The molecule has 0 aromatic heterocycles. The van der Waals surface area contributed by atoms with Gasteiger partial charge in [0, 0.05) is 0 Å². The van der Waals surface area contributed by atoms with E-state index in [1.165, 1.54) is 0 Å². The highest BCUT2D eigenvalue weighted by Crippen LogP contribution is 2.18. The highest BCUT2D eigenvalue weighted by molar-refractivity contribution is 7.35. The van der Waals surface area contributed by atoms with Crippen molar-refractivity contribution in [3.8, 4) is 0 Å². The highest BCUT2D eigenvalue weighted by atomic mass is 35.7. The van der Waals surface area contributed by atoms with Crippen molar-refractivity contribution >= 4 is 49.7 Å². The zero-order chi connectivity index (χ0) is 7.65. The summed E-state index contributed by atoms with van der Waals surface area (Å²) in [5.41, 5.74) is 0. The van der Waals surface area contributed by atoms with Gasteiger partial charge in [-0.15, -0.1) is 22.2 Å². The molecule has 0 spiro atoms. The molecule has 0 saturated carbocycles. The molecule has 0 amide bonds. The molecule has 0 rings (SSSR count). The third-order valence-corrected chi connectivity index (χ3v) is 10.4. The Hall–Kier alpha value is 1.26. The molecule has 56 valence electrons. The van der Waals surface area contributed by atoms with E-state index in [0.717, 1.165) is 0 Å². The van der Waals surface area contributed by atoms with Gasteiger partial charge < -0.3 is 0 Å². The minimum Gasteiger partial charge on any atom is -0.240 e. The number of halogens is 3. The molecule has 0 fully saturated rings. The quantitative estimate of drug-likeness (QED) is 0.394. The fraction of sp³-hybridized carbons (Fsp3) is 1.00. The zero-order valence-electron chi connectivity index (χ0n) is 5.66. The third kappa shape index (κ3) is 3.85. The van der Waals surface area contributed by atoms with Gasteiger partial charge in [0.1, 0.15) is 8.24 Å². The summed E-state index contributed by atoms with van der Waals surface area (Å²) in [4.78, 5) is 0. The lowest BCUT2D eigenvalue weighted by atomic mass is 11.8.